The molecule has 0 spiro atoms. The number of benzene rings is 3. The summed E-state index contributed by atoms with van der Waals surface area (Å²) in [5, 5.41) is 1.20. The Kier molecular flexibility index (Phi) is 4.33. The summed E-state index contributed by atoms with van der Waals surface area (Å²) in [6.45, 7) is 0. The maximum atomic E-state index is 12.3. The highest BCUT2D eigenvalue weighted by Gasteiger charge is 2.31. The molecule has 4 N–H and O–H groups in total. The van der Waals surface area contributed by atoms with Crippen LogP contribution in [-0.4, -0.2) is 16.6 Å². The van der Waals surface area contributed by atoms with Crippen molar-refractivity contribution in [2.24, 2.45) is 0 Å². The molecule has 0 saturated heterocycles. The fourth-order valence-corrected chi connectivity index (χ4v) is 3.24. The predicted molar refractivity (Wildman–Crippen MR) is 110 cm³/mol. The maximum Gasteiger partial charge on any atom is 0.196 e. The molecule has 28 heavy (non-hydrogen) atoms. The van der Waals surface area contributed by atoms with E-state index < -0.39 is 0 Å². The topological polar surface area (TPSA) is 99.1 Å². The van der Waals surface area contributed by atoms with Crippen LogP contribution in [0.1, 0.15) is 31.8 Å². The van der Waals surface area contributed by atoms with Crippen LogP contribution in [0.25, 0.3) is 10.9 Å². The molecular formula is C23H17N3O2. The molecule has 4 aromatic rings. The molecule has 1 aromatic heterocycles. The molecule has 0 fully saturated rings. The maximum absolute atomic E-state index is 12.3. The quantitative estimate of drug-likeness (QED) is 0.405. The number of anilines is 2. The highest BCUT2D eigenvalue weighted by Crippen LogP contribution is 2.33. The summed E-state index contributed by atoms with van der Waals surface area (Å²) in [5.41, 5.74) is 14.4. The molecule has 5 heteroatoms. The van der Waals surface area contributed by atoms with Crippen LogP contribution in [0, 0.1) is 0 Å². The van der Waals surface area contributed by atoms with Crippen molar-refractivity contribution in [2.75, 3.05) is 11.5 Å². The average molecular weight is 367 g/mol. The SMILES string of the molecule is Nc1ccc2c(c1N)C(=O)c1ccccc1C2=O.c1ccc2ncccc2c1. The van der Waals surface area contributed by atoms with Crippen molar-refractivity contribution >= 4 is 33.8 Å². The molecule has 0 aliphatic heterocycles. The van der Waals surface area contributed by atoms with E-state index in [4.69, 9.17) is 11.5 Å². The van der Waals surface area contributed by atoms with Crippen LogP contribution >= 0.6 is 0 Å². The number of hydrogen-bond donors (Lipinski definition) is 2. The van der Waals surface area contributed by atoms with E-state index in [9.17, 15) is 9.59 Å². The first-order valence-corrected chi connectivity index (χ1v) is 8.74. The van der Waals surface area contributed by atoms with Gasteiger partial charge in [-0.2, -0.15) is 0 Å². The first kappa shape index (κ1) is 17.4. The Bertz CT molecular complexity index is 1170. The van der Waals surface area contributed by atoms with Gasteiger partial charge in [0.05, 0.1) is 22.5 Å². The third-order valence-electron chi connectivity index (χ3n) is 4.68. The van der Waals surface area contributed by atoms with Crippen molar-refractivity contribution in [2.45, 2.75) is 0 Å². The van der Waals surface area contributed by atoms with Crippen LogP contribution < -0.4 is 11.5 Å². The monoisotopic (exact) mass is 367 g/mol. The summed E-state index contributed by atoms with van der Waals surface area (Å²) >= 11 is 0. The van der Waals surface area contributed by atoms with Crippen molar-refractivity contribution in [1.82, 2.24) is 4.98 Å². The Labute approximate surface area is 161 Å². The van der Waals surface area contributed by atoms with Gasteiger partial charge in [0.25, 0.3) is 0 Å². The fraction of sp³-hybridized carbons (Fsp3) is 0. The number of carbonyl (C=O) groups is 2. The van der Waals surface area contributed by atoms with E-state index in [-0.39, 0.29) is 22.8 Å². The predicted octanol–water partition coefficient (Wildman–Crippen LogP) is 3.86. The molecule has 0 unspecified atom stereocenters. The van der Waals surface area contributed by atoms with Crippen LogP contribution in [0.2, 0.25) is 0 Å². The number of pyridine rings is 1. The summed E-state index contributed by atoms with van der Waals surface area (Å²) in [7, 11) is 0. The van der Waals surface area contributed by atoms with Gasteiger partial charge >= 0.3 is 0 Å². The smallest absolute Gasteiger partial charge is 0.196 e. The van der Waals surface area contributed by atoms with Crippen molar-refractivity contribution in [3.05, 3.63) is 101 Å². The normalized spacial score (nSPS) is 12.0. The van der Waals surface area contributed by atoms with Crippen molar-refractivity contribution in [3.63, 3.8) is 0 Å². The Morgan fingerprint density at radius 1 is 0.643 bits per heavy atom. The van der Waals surface area contributed by atoms with Gasteiger partial charge < -0.3 is 11.5 Å². The second-order valence-electron chi connectivity index (χ2n) is 6.39. The fourth-order valence-electron chi connectivity index (χ4n) is 3.24. The summed E-state index contributed by atoms with van der Waals surface area (Å²) in [4.78, 5) is 28.8. The first-order chi connectivity index (χ1) is 13.6. The minimum Gasteiger partial charge on any atom is -0.397 e. The van der Waals surface area contributed by atoms with Gasteiger partial charge in [-0.3, -0.25) is 14.6 Å². The van der Waals surface area contributed by atoms with Gasteiger partial charge in [-0.1, -0.05) is 48.5 Å². The van der Waals surface area contributed by atoms with E-state index in [1.165, 1.54) is 5.39 Å². The first-order valence-electron chi connectivity index (χ1n) is 8.74. The Hall–Kier alpha value is -3.99. The zero-order chi connectivity index (χ0) is 19.7. The molecule has 3 aromatic carbocycles. The Balaban J connectivity index is 0.000000162. The second-order valence-corrected chi connectivity index (χ2v) is 6.39. The largest absolute Gasteiger partial charge is 0.397 e. The lowest BCUT2D eigenvalue weighted by Gasteiger charge is -2.19. The van der Waals surface area contributed by atoms with Gasteiger partial charge in [-0.05, 0) is 24.3 Å². The lowest BCUT2D eigenvalue weighted by Crippen LogP contribution is -2.22. The number of ketones is 2. The van der Waals surface area contributed by atoms with Crippen molar-refractivity contribution in [3.8, 4) is 0 Å². The zero-order valence-corrected chi connectivity index (χ0v) is 14.9. The lowest BCUT2D eigenvalue weighted by atomic mass is 9.83. The number of nitrogen functional groups attached to an aromatic ring is 2. The molecule has 0 amide bonds. The minimum absolute atomic E-state index is 0.181. The van der Waals surface area contributed by atoms with Gasteiger partial charge in [0.1, 0.15) is 0 Å². The number of nitrogens with zero attached hydrogens (tertiary/aromatic N) is 1. The molecule has 1 aliphatic carbocycles. The van der Waals surface area contributed by atoms with Crippen molar-refractivity contribution < 1.29 is 9.59 Å². The van der Waals surface area contributed by atoms with Crippen LogP contribution in [0.5, 0.6) is 0 Å². The Morgan fingerprint density at radius 2 is 1.29 bits per heavy atom. The van der Waals surface area contributed by atoms with Crippen LogP contribution in [-0.2, 0) is 0 Å². The van der Waals surface area contributed by atoms with Crippen LogP contribution in [0.4, 0.5) is 11.4 Å². The van der Waals surface area contributed by atoms with Gasteiger partial charge in [0, 0.05) is 28.3 Å². The van der Waals surface area contributed by atoms with Gasteiger partial charge in [-0.15, -0.1) is 0 Å². The number of aromatic nitrogens is 1. The number of fused-ring (bicyclic) bond motifs is 3. The number of nitrogens with two attached hydrogens (primary N) is 2. The molecule has 5 rings (SSSR count). The average Bonchev–Trinajstić information content (AvgIpc) is 2.74. The zero-order valence-electron chi connectivity index (χ0n) is 14.9. The molecule has 5 nitrogen and oxygen atoms in total. The molecule has 0 saturated carbocycles. The van der Waals surface area contributed by atoms with E-state index in [1.54, 1.807) is 36.4 Å². The molecule has 0 radical (unpaired) electrons. The van der Waals surface area contributed by atoms with E-state index in [0.717, 1.165) is 5.52 Å². The standard InChI is InChI=1S/C14H10N2O2.C9H7N/c15-10-6-5-9-11(12(10)16)14(18)8-4-2-1-3-7(8)13(9)17;1-2-6-9-8(4-1)5-3-7-10-9/h1-6H,15-16H2;1-7H. The summed E-state index contributed by atoms with van der Waals surface area (Å²) in [6, 6.07) is 21.9. The molecule has 1 aliphatic rings. The number of rotatable bonds is 0. The van der Waals surface area contributed by atoms with E-state index >= 15 is 0 Å². The summed E-state index contributed by atoms with van der Waals surface area (Å²) in [5.74, 6) is -0.433. The summed E-state index contributed by atoms with van der Waals surface area (Å²) < 4.78 is 0. The third kappa shape index (κ3) is 2.89. The minimum atomic E-state index is -0.245. The van der Waals surface area contributed by atoms with Crippen LogP contribution in [0.15, 0.2) is 79.0 Å². The van der Waals surface area contributed by atoms with Gasteiger partial charge in [0.15, 0.2) is 11.6 Å². The van der Waals surface area contributed by atoms with E-state index in [2.05, 4.69) is 17.1 Å². The number of hydrogen-bond acceptors (Lipinski definition) is 5. The Morgan fingerprint density at radius 3 is 2.04 bits per heavy atom. The third-order valence-corrected chi connectivity index (χ3v) is 4.68. The number of carbonyl (C=O) groups excluding carboxylic acids is 2. The highest BCUT2D eigenvalue weighted by molar-refractivity contribution is 6.30. The highest BCUT2D eigenvalue weighted by atomic mass is 16.1. The van der Waals surface area contributed by atoms with Crippen molar-refractivity contribution in [1.29, 1.82) is 0 Å². The van der Waals surface area contributed by atoms with E-state index in [1.807, 2.05) is 30.5 Å². The summed E-state index contributed by atoms with van der Waals surface area (Å²) in [6.07, 6.45) is 1.81. The second kappa shape index (κ2) is 6.96. The van der Waals surface area contributed by atoms with Gasteiger partial charge in [-0.25, -0.2) is 0 Å². The van der Waals surface area contributed by atoms with Crippen LogP contribution in [0.3, 0.4) is 0 Å². The molecule has 0 atom stereocenters. The molecule has 0 bridgehead atoms. The molecular weight excluding hydrogens is 350 g/mol. The van der Waals surface area contributed by atoms with E-state index in [0.29, 0.717) is 22.4 Å². The lowest BCUT2D eigenvalue weighted by molar-refractivity contribution is 0.0980. The molecule has 136 valence electrons. The molecule has 1 heterocycles. The number of para-hydroxylation sites is 1. The van der Waals surface area contributed by atoms with Gasteiger partial charge in [0.2, 0.25) is 0 Å².